The molecule has 1 aliphatic rings. The van der Waals surface area contributed by atoms with Gasteiger partial charge in [-0.05, 0) is 60.4 Å². The Hall–Kier alpha value is -0.940. The van der Waals surface area contributed by atoms with Gasteiger partial charge < -0.3 is 10.2 Å². The summed E-state index contributed by atoms with van der Waals surface area (Å²) >= 11 is 3.31. The van der Waals surface area contributed by atoms with Gasteiger partial charge in [0.1, 0.15) is 5.82 Å². The first-order chi connectivity index (χ1) is 8.63. The number of hydrogen-bond acceptors (Lipinski definition) is 3. The lowest BCUT2D eigenvalue weighted by Crippen LogP contribution is -2.16. The predicted molar refractivity (Wildman–Crippen MR) is 75.4 cm³/mol. The molecule has 1 saturated heterocycles. The number of rotatable bonds is 4. The van der Waals surface area contributed by atoms with Gasteiger partial charge in [-0.3, -0.25) is 4.79 Å². The van der Waals surface area contributed by atoms with E-state index in [1.54, 1.807) is 12.3 Å². The zero-order valence-electron chi connectivity index (χ0n) is 10.5. The van der Waals surface area contributed by atoms with Gasteiger partial charge in [0.15, 0.2) is 0 Å². The number of pyridine rings is 1. The second kappa shape index (κ2) is 6.29. The monoisotopic (exact) mass is 311 g/mol. The molecular formula is C13H18BrN3O. The summed E-state index contributed by atoms with van der Waals surface area (Å²) in [5.41, 5.74) is 0. The molecule has 2 rings (SSSR count). The van der Waals surface area contributed by atoms with Crippen LogP contribution in [0.25, 0.3) is 0 Å². The fourth-order valence-electron chi connectivity index (χ4n) is 2.25. The lowest BCUT2D eigenvalue weighted by Gasteiger charge is -2.10. The van der Waals surface area contributed by atoms with E-state index in [-0.39, 0.29) is 5.91 Å². The van der Waals surface area contributed by atoms with Crippen LogP contribution >= 0.6 is 15.9 Å². The second-order valence-corrected chi connectivity index (χ2v) is 5.78. The molecule has 98 valence electrons. The van der Waals surface area contributed by atoms with Gasteiger partial charge in [0, 0.05) is 23.6 Å². The Labute approximate surface area is 116 Å². The van der Waals surface area contributed by atoms with Crippen molar-refractivity contribution in [1.29, 1.82) is 0 Å². The fourth-order valence-corrected chi connectivity index (χ4v) is 2.49. The minimum atomic E-state index is 0.0550. The van der Waals surface area contributed by atoms with E-state index in [1.165, 1.54) is 6.42 Å². The van der Waals surface area contributed by atoms with Crippen LogP contribution in [0.4, 0.5) is 5.82 Å². The molecule has 1 unspecified atom stereocenters. The minimum Gasteiger partial charge on any atom is -0.311 e. The van der Waals surface area contributed by atoms with Crippen molar-refractivity contribution >= 4 is 27.7 Å². The molecule has 0 bridgehead atoms. The Morgan fingerprint density at radius 2 is 2.44 bits per heavy atom. The maximum Gasteiger partial charge on any atom is 0.225 e. The average Bonchev–Trinajstić information content (AvgIpc) is 2.76. The van der Waals surface area contributed by atoms with Gasteiger partial charge in [-0.25, -0.2) is 4.98 Å². The number of nitrogens with one attached hydrogen (secondary N) is 1. The van der Waals surface area contributed by atoms with Crippen molar-refractivity contribution in [1.82, 2.24) is 9.88 Å². The molecule has 0 aliphatic carbocycles. The Bertz CT molecular complexity index is 407. The van der Waals surface area contributed by atoms with E-state index in [9.17, 15) is 4.79 Å². The van der Waals surface area contributed by atoms with E-state index < -0.39 is 0 Å². The van der Waals surface area contributed by atoms with Crippen molar-refractivity contribution in [3.8, 4) is 0 Å². The van der Waals surface area contributed by atoms with Crippen LogP contribution < -0.4 is 5.32 Å². The van der Waals surface area contributed by atoms with Gasteiger partial charge >= 0.3 is 0 Å². The van der Waals surface area contributed by atoms with E-state index in [2.05, 4.69) is 38.2 Å². The maximum absolute atomic E-state index is 11.8. The highest BCUT2D eigenvalue weighted by atomic mass is 79.9. The lowest BCUT2D eigenvalue weighted by atomic mass is 10.0. The van der Waals surface area contributed by atoms with Crippen molar-refractivity contribution in [2.45, 2.75) is 19.3 Å². The summed E-state index contributed by atoms with van der Waals surface area (Å²) in [7, 11) is 2.13. The number of carbonyl (C=O) groups excluding carboxylic acids is 1. The standard InChI is InChI=1S/C13H18BrN3O/c1-17-7-6-10(9-17)2-5-13(18)16-12-4-3-11(14)8-15-12/h3-4,8,10H,2,5-7,9H2,1H3,(H,15,16,18). The van der Waals surface area contributed by atoms with E-state index in [4.69, 9.17) is 0 Å². The molecule has 1 atom stereocenters. The average molecular weight is 312 g/mol. The second-order valence-electron chi connectivity index (χ2n) is 4.87. The highest BCUT2D eigenvalue weighted by molar-refractivity contribution is 9.10. The first-order valence-corrected chi connectivity index (χ1v) is 7.03. The summed E-state index contributed by atoms with van der Waals surface area (Å²) in [5, 5.41) is 2.82. The normalized spacial score (nSPS) is 20.0. The van der Waals surface area contributed by atoms with Gasteiger partial charge in [0.2, 0.25) is 5.91 Å². The smallest absolute Gasteiger partial charge is 0.225 e. The molecule has 1 amide bonds. The van der Waals surface area contributed by atoms with Gasteiger partial charge in [-0.15, -0.1) is 0 Å². The topological polar surface area (TPSA) is 45.2 Å². The third-order valence-electron chi connectivity index (χ3n) is 3.26. The van der Waals surface area contributed by atoms with Crippen LogP contribution in [0, 0.1) is 5.92 Å². The third-order valence-corrected chi connectivity index (χ3v) is 3.73. The first kappa shape index (κ1) is 13.5. The molecule has 1 N–H and O–H groups in total. The summed E-state index contributed by atoms with van der Waals surface area (Å²) in [4.78, 5) is 18.2. The number of halogens is 1. The van der Waals surface area contributed by atoms with E-state index in [0.29, 0.717) is 18.2 Å². The number of amides is 1. The number of nitrogens with zero attached hydrogens (tertiary/aromatic N) is 2. The van der Waals surface area contributed by atoms with Gasteiger partial charge in [-0.1, -0.05) is 0 Å². The van der Waals surface area contributed by atoms with Gasteiger partial charge in [0.05, 0.1) is 0 Å². The molecule has 0 aromatic carbocycles. The molecule has 2 heterocycles. The van der Waals surface area contributed by atoms with Crippen LogP contribution in [0.15, 0.2) is 22.8 Å². The molecule has 4 nitrogen and oxygen atoms in total. The van der Waals surface area contributed by atoms with Crippen molar-refractivity contribution in [2.24, 2.45) is 5.92 Å². The Morgan fingerprint density at radius 3 is 3.06 bits per heavy atom. The molecule has 18 heavy (non-hydrogen) atoms. The van der Waals surface area contributed by atoms with Gasteiger partial charge in [-0.2, -0.15) is 0 Å². The fraction of sp³-hybridized carbons (Fsp3) is 0.538. The molecule has 0 saturated carbocycles. The maximum atomic E-state index is 11.8. The Morgan fingerprint density at radius 1 is 1.61 bits per heavy atom. The molecule has 5 heteroatoms. The first-order valence-electron chi connectivity index (χ1n) is 6.23. The van der Waals surface area contributed by atoms with Gasteiger partial charge in [0.25, 0.3) is 0 Å². The SMILES string of the molecule is CN1CCC(CCC(=O)Nc2ccc(Br)cn2)C1. The zero-order valence-corrected chi connectivity index (χ0v) is 12.1. The molecule has 0 radical (unpaired) electrons. The number of hydrogen-bond donors (Lipinski definition) is 1. The highest BCUT2D eigenvalue weighted by Crippen LogP contribution is 2.19. The largest absolute Gasteiger partial charge is 0.311 e. The lowest BCUT2D eigenvalue weighted by molar-refractivity contribution is -0.116. The molecule has 1 aliphatic heterocycles. The van der Waals surface area contributed by atoms with Crippen LogP contribution in [-0.4, -0.2) is 35.9 Å². The number of carbonyl (C=O) groups is 1. The molecular weight excluding hydrogens is 294 g/mol. The van der Waals surface area contributed by atoms with Crippen molar-refractivity contribution in [2.75, 3.05) is 25.5 Å². The zero-order chi connectivity index (χ0) is 13.0. The van der Waals surface area contributed by atoms with Crippen LogP contribution in [0.2, 0.25) is 0 Å². The highest BCUT2D eigenvalue weighted by Gasteiger charge is 2.19. The molecule has 1 fully saturated rings. The summed E-state index contributed by atoms with van der Waals surface area (Å²) in [6.07, 6.45) is 4.44. The summed E-state index contributed by atoms with van der Waals surface area (Å²) in [6.45, 7) is 2.27. The summed E-state index contributed by atoms with van der Waals surface area (Å²) < 4.78 is 0.912. The van der Waals surface area contributed by atoms with E-state index >= 15 is 0 Å². The van der Waals surface area contributed by atoms with Crippen LogP contribution in [-0.2, 0) is 4.79 Å². The Balaban J connectivity index is 1.73. The van der Waals surface area contributed by atoms with E-state index in [0.717, 1.165) is 24.0 Å². The molecule has 1 aromatic rings. The van der Waals surface area contributed by atoms with Crippen LogP contribution in [0.1, 0.15) is 19.3 Å². The quantitative estimate of drug-likeness (QED) is 0.929. The Kier molecular flexibility index (Phi) is 4.72. The van der Waals surface area contributed by atoms with E-state index in [1.807, 2.05) is 6.07 Å². The number of likely N-dealkylation sites (tertiary alicyclic amines) is 1. The third kappa shape index (κ3) is 4.07. The van der Waals surface area contributed by atoms with Crippen LogP contribution in [0.3, 0.4) is 0 Å². The summed E-state index contributed by atoms with van der Waals surface area (Å²) in [5.74, 6) is 1.34. The van der Waals surface area contributed by atoms with Crippen molar-refractivity contribution < 1.29 is 4.79 Å². The van der Waals surface area contributed by atoms with Crippen molar-refractivity contribution in [3.05, 3.63) is 22.8 Å². The minimum absolute atomic E-state index is 0.0550. The molecule has 0 spiro atoms. The summed E-state index contributed by atoms with van der Waals surface area (Å²) in [6, 6.07) is 3.67. The van der Waals surface area contributed by atoms with Crippen LogP contribution in [0.5, 0.6) is 0 Å². The number of anilines is 1. The predicted octanol–water partition coefficient (Wildman–Crippen LogP) is 2.51. The molecule has 1 aromatic heterocycles. The van der Waals surface area contributed by atoms with Crippen molar-refractivity contribution in [3.63, 3.8) is 0 Å². The number of aromatic nitrogens is 1.